The number of methoxy groups -OCH3 is 1. The number of nitrogens with zero attached hydrogens (tertiary/aromatic N) is 2. The molecular weight excluding hydrogens is 396 g/mol. The van der Waals surface area contributed by atoms with Gasteiger partial charge in [0.05, 0.1) is 12.8 Å². The molecule has 31 heavy (non-hydrogen) atoms. The molecule has 162 valence electrons. The summed E-state index contributed by atoms with van der Waals surface area (Å²) in [6.07, 6.45) is 1.77. The van der Waals surface area contributed by atoms with E-state index in [9.17, 15) is 4.79 Å². The van der Waals surface area contributed by atoms with Crippen LogP contribution in [-0.2, 0) is 6.61 Å². The number of hydrogen-bond acceptors (Lipinski definition) is 6. The highest BCUT2D eigenvalue weighted by molar-refractivity contribution is 5.84. The SMILES string of the molecule is CCN(CC)c1ccc(N=Cc2ccc(OCc3ccc(C(=O)O)o3)c(OC)c2)cc1. The number of ether oxygens (including phenoxy) is 2. The van der Waals surface area contributed by atoms with E-state index < -0.39 is 5.97 Å². The van der Waals surface area contributed by atoms with Crippen molar-refractivity contribution in [2.45, 2.75) is 20.5 Å². The lowest BCUT2D eigenvalue weighted by molar-refractivity contribution is 0.0658. The molecule has 3 aromatic rings. The zero-order valence-corrected chi connectivity index (χ0v) is 17.9. The van der Waals surface area contributed by atoms with Crippen LogP contribution < -0.4 is 14.4 Å². The molecule has 0 aliphatic rings. The fourth-order valence-electron chi connectivity index (χ4n) is 3.09. The van der Waals surface area contributed by atoms with E-state index in [4.69, 9.17) is 19.0 Å². The van der Waals surface area contributed by atoms with Gasteiger partial charge in [-0.25, -0.2) is 4.79 Å². The number of hydrogen-bond donors (Lipinski definition) is 1. The number of aromatic carboxylic acids is 1. The first-order chi connectivity index (χ1) is 15.0. The minimum absolute atomic E-state index is 0.0932. The van der Waals surface area contributed by atoms with Gasteiger partial charge in [0.2, 0.25) is 5.76 Å². The third kappa shape index (κ3) is 5.66. The van der Waals surface area contributed by atoms with Gasteiger partial charge in [0, 0.05) is 25.0 Å². The van der Waals surface area contributed by atoms with Gasteiger partial charge in [-0.15, -0.1) is 0 Å². The molecule has 0 aliphatic heterocycles. The van der Waals surface area contributed by atoms with Crippen molar-refractivity contribution in [2.75, 3.05) is 25.1 Å². The van der Waals surface area contributed by atoms with E-state index in [-0.39, 0.29) is 12.4 Å². The summed E-state index contributed by atoms with van der Waals surface area (Å²) in [4.78, 5) is 17.7. The third-order valence-electron chi connectivity index (χ3n) is 4.77. The summed E-state index contributed by atoms with van der Waals surface area (Å²) in [6.45, 7) is 6.30. The van der Waals surface area contributed by atoms with Crippen LogP contribution in [0.15, 0.2) is 64.0 Å². The maximum Gasteiger partial charge on any atom is 0.371 e. The zero-order valence-electron chi connectivity index (χ0n) is 17.9. The van der Waals surface area contributed by atoms with Crippen LogP contribution in [0.5, 0.6) is 11.5 Å². The number of benzene rings is 2. The highest BCUT2D eigenvalue weighted by Crippen LogP contribution is 2.29. The normalized spacial score (nSPS) is 10.9. The first kappa shape index (κ1) is 22.0. The molecule has 0 saturated heterocycles. The van der Waals surface area contributed by atoms with E-state index >= 15 is 0 Å². The minimum atomic E-state index is -1.12. The predicted octanol–water partition coefficient (Wildman–Crippen LogP) is 5.16. The second kappa shape index (κ2) is 10.3. The highest BCUT2D eigenvalue weighted by Gasteiger charge is 2.11. The number of rotatable bonds is 10. The van der Waals surface area contributed by atoms with Crippen molar-refractivity contribution in [3.8, 4) is 11.5 Å². The summed E-state index contributed by atoms with van der Waals surface area (Å²) in [7, 11) is 1.56. The van der Waals surface area contributed by atoms with Crippen molar-refractivity contribution < 1.29 is 23.8 Å². The Labute approximate surface area is 181 Å². The quantitative estimate of drug-likeness (QED) is 0.454. The molecule has 0 fully saturated rings. The lowest BCUT2D eigenvalue weighted by atomic mass is 10.2. The molecule has 0 unspecified atom stereocenters. The fourth-order valence-corrected chi connectivity index (χ4v) is 3.09. The Morgan fingerprint density at radius 1 is 1.06 bits per heavy atom. The summed E-state index contributed by atoms with van der Waals surface area (Å²) < 4.78 is 16.3. The summed E-state index contributed by atoms with van der Waals surface area (Å²) >= 11 is 0. The van der Waals surface area contributed by atoms with Crippen molar-refractivity contribution in [2.24, 2.45) is 4.99 Å². The molecule has 3 rings (SSSR count). The number of furan rings is 1. The van der Waals surface area contributed by atoms with Gasteiger partial charge in [0.25, 0.3) is 0 Å². The van der Waals surface area contributed by atoms with Gasteiger partial charge in [0.1, 0.15) is 12.4 Å². The summed E-state index contributed by atoms with van der Waals surface area (Å²) in [5.74, 6) is 0.248. The van der Waals surface area contributed by atoms with E-state index in [1.807, 2.05) is 24.3 Å². The Hall–Kier alpha value is -3.74. The van der Waals surface area contributed by atoms with Gasteiger partial charge in [-0.05, 0) is 74.0 Å². The largest absolute Gasteiger partial charge is 0.493 e. The van der Waals surface area contributed by atoms with Crippen molar-refractivity contribution in [3.63, 3.8) is 0 Å². The van der Waals surface area contributed by atoms with Gasteiger partial charge in [0.15, 0.2) is 11.5 Å². The number of anilines is 1. The Kier molecular flexibility index (Phi) is 7.32. The zero-order chi connectivity index (χ0) is 22.2. The predicted molar refractivity (Wildman–Crippen MR) is 120 cm³/mol. The summed E-state index contributed by atoms with van der Waals surface area (Å²) in [5, 5.41) is 8.92. The van der Waals surface area contributed by atoms with Crippen LogP contribution in [0.2, 0.25) is 0 Å². The highest BCUT2D eigenvalue weighted by atomic mass is 16.5. The van der Waals surface area contributed by atoms with Crippen molar-refractivity contribution in [3.05, 3.63) is 71.7 Å². The first-order valence-corrected chi connectivity index (χ1v) is 10.1. The van der Waals surface area contributed by atoms with Gasteiger partial charge in [-0.2, -0.15) is 0 Å². The van der Waals surface area contributed by atoms with E-state index in [0.29, 0.717) is 17.3 Å². The van der Waals surface area contributed by atoms with Crippen molar-refractivity contribution in [1.82, 2.24) is 0 Å². The Bertz CT molecular complexity index is 1040. The maximum atomic E-state index is 10.9. The fraction of sp³-hybridized carbons (Fsp3) is 0.250. The molecular formula is C24H26N2O5. The van der Waals surface area contributed by atoms with E-state index in [0.717, 1.165) is 24.3 Å². The summed E-state index contributed by atoms with van der Waals surface area (Å²) in [5.41, 5.74) is 2.91. The van der Waals surface area contributed by atoms with E-state index in [1.165, 1.54) is 11.8 Å². The maximum absolute atomic E-state index is 10.9. The molecule has 0 radical (unpaired) electrons. The molecule has 0 atom stereocenters. The molecule has 7 nitrogen and oxygen atoms in total. The number of aliphatic imine (C=N–C) groups is 1. The van der Waals surface area contributed by atoms with Crippen LogP contribution in [0.25, 0.3) is 0 Å². The van der Waals surface area contributed by atoms with Crippen LogP contribution in [0.4, 0.5) is 11.4 Å². The molecule has 7 heteroatoms. The molecule has 0 amide bonds. The van der Waals surface area contributed by atoms with Crippen LogP contribution in [-0.4, -0.2) is 37.5 Å². The number of carbonyl (C=O) groups is 1. The van der Waals surface area contributed by atoms with Crippen LogP contribution in [0.1, 0.15) is 35.7 Å². The molecule has 2 aromatic carbocycles. The first-order valence-electron chi connectivity index (χ1n) is 10.1. The third-order valence-corrected chi connectivity index (χ3v) is 4.77. The van der Waals surface area contributed by atoms with Crippen LogP contribution in [0, 0.1) is 0 Å². The molecule has 0 saturated carbocycles. The average Bonchev–Trinajstić information content (AvgIpc) is 3.27. The molecule has 1 aromatic heterocycles. The Morgan fingerprint density at radius 3 is 2.42 bits per heavy atom. The Morgan fingerprint density at radius 2 is 1.81 bits per heavy atom. The van der Waals surface area contributed by atoms with Gasteiger partial charge >= 0.3 is 5.97 Å². The lowest BCUT2D eigenvalue weighted by Crippen LogP contribution is -2.21. The van der Waals surface area contributed by atoms with Crippen molar-refractivity contribution in [1.29, 1.82) is 0 Å². The average molecular weight is 422 g/mol. The monoisotopic (exact) mass is 422 g/mol. The van der Waals surface area contributed by atoms with Crippen LogP contribution in [0.3, 0.4) is 0 Å². The molecule has 1 heterocycles. The van der Waals surface area contributed by atoms with Gasteiger partial charge < -0.3 is 23.9 Å². The smallest absolute Gasteiger partial charge is 0.371 e. The van der Waals surface area contributed by atoms with Gasteiger partial charge in [-0.3, -0.25) is 4.99 Å². The molecule has 1 N–H and O–H groups in total. The van der Waals surface area contributed by atoms with Crippen molar-refractivity contribution >= 4 is 23.6 Å². The second-order valence-corrected chi connectivity index (χ2v) is 6.72. The van der Waals surface area contributed by atoms with E-state index in [1.54, 1.807) is 25.5 Å². The molecule has 0 aliphatic carbocycles. The van der Waals surface area contributed by atoms with E-state index in [2.05, 4.69) is 35.9 Å². The second-order valence-electron chi connectivity index (χ2n) is 6.72. The van der Waals surface area contributed by atoms with Gasteiger partial charge in [-0.1, -0.05) is 0 Å². The topological polar surface area (TPSA) is 84.5 Å². The molecule has 0 spiro atoms. The minimum Gasteiger partial charge on any atom is -0.493 e. The number of carboxylic acids is 1. The Balaban J connectivity index is 1.66. The lowest BCUT2D eigenvalue weighted by Gasteiger charge is -2.20. The van der Waals surface area contributed by atoms with Crippen LogP contribution >= 0.6 is 0 Å². The number of carboxylic acid groups (broad SMARTS) is 1. The summed E-state index contributed by atoms with van der Waals surface area (Å²) in [6, 6.07) is 16.6. The molecule has 0 bridgehead atoms. The standard InChI is InChI=1S/C24H26N2O5/c1-4-26(5-2)19-9-7-18(8-10-19)25-15-17-6-12-21(23(14-17)29-3)30-16-20-11-13-22(31-20)24(27)28/h6-15H,4-5,16H2,1-3H3,(H,27,28).